The quantitative estimate of drug-likeness (QED) is 0.741. The van der Waals surface area contributed by atoms with Gasteiger partial charge >= 0.3 is 0 Å². The van der Waals surface area contributed by atoms with Crippen molar-refractivity contribution in [3.63, 3.8) is 0 Å². The van der Waals surface area contributed by atoms with Gasteiger partial charge in [0.1, 0.15) is 29.5 Å². The molecule has 3 aliphatic heterocycles. The van der Waals surface area contributed by atoms with Gasteiger partial charge in [0, 0.05) is 11.6 Å². The van der Waals surface area contributed by atoms with Crippen LogP contribution in [0.15, 0.2) is 30.3 Å². The monoisotopic (exact) mass is 412 g/mol. The second-order valence-corrected chi connectivity index (χ2v) is 9.02. The molecule has 0 aliphatic carbocycles. The molecule has 3 aliphatic rings. The van der Waals surface area contributed by atoms with Gasteiger partial charge in [-0.15, -0.1) is 0 Å². The van der Waals surface area contributed by atoms with Gasteiger partial charge in [0.25, 0.3) is 0 Å². The maximum atomic E-state index is 6.49. The van der Waals surface area contributed by atoms with Crippen molar-refractivity contribution in [1.29, 1.82) is 0 Å². The molecule has 29 heavy (non-hydrogen) atoms. The van der Waals surface area contributed by atoms with Gasteiger partial charge in [-0.25, -0.2) is 0 Å². The largest absolute Gasteiger partial charge is 0.493 e. The summed E-state index contributed by atoms with van der Waals surface area (Å²) in [5.41, 5.74) is 2.71. The Morgan fingerprint density at radius 2 is 1.83 bits per heavy atom. The molecule has 152 valence electrons. The van der Waals surface area contributed by atoms with Gasteiger partial charge in [0.2, 0.25) is 0 Å². The van der Waals surface area contributed by atoms with Crippen molar-refractivity contribution >= 4 is 18.7 Å². The summed E-state index contributed by atoms with van der Waals surface area (Å²) in [7, 11) is 3.25. The molecule has 0 fully saturated rings. The lowest BCUT2D eigenvalue weighted by Crippen LogP contribution is -2.50. The lowest BCUT2D eigenvalue weighted by molar-refractivity contribution is 0.0592. The van der Waals surface area contributed by atoms with Crippen molar-refractivity contribution in [3.8, 4) is 28.7 Å². The molecule has 0 radical (unpaired) electrons. The van der Waals surface area contributed by atoms with Crippen LogP contribution in [0.4, 0.5) is 0 Å². The molecule has 2 atom stereocenters. The van der Waals surface area contributed by atoms with Gasteiger partial charge < -0.3 is 23.7 Å². The van der Waals surface area contributed by atoms with Crippen molar-refractivity contribution in [3.05, 3.63) is 47.0 Å². The fourth-order valence-electron chi connectivity index (χ4n) is 4.32. The molecule has 2 aromatic rings. The average molecular weight is 413 g/mol. The van der Waals surface area contributed by atoms with E-state index in [0.717, 1.165) is 33.9 Å². The maximum absolute atomic E-state index is 6.49. The fraction of sp³-hybridized carbons (Fsp3) is 0.391. The van der Waals surface area contributed by atoms with Gasteiger partial charge in [-0.2, -0.15) is 12.6 Å². The first-order valence-electron chi connectivity index (χ1n) is 9.67. The minimum absolute atomic E-state index is 0.237. The Morgan fingerprint density at radius 3 is 2.59 bits per heavy atom. The summed E-state index contributed by atoms with van der Waals surface area (Å²) < 4.78 is 29.0. The van der Waals surface area contributed by atoms with Crippen molar-refractivity contribution < 1.29 is 23.7 Å². The van der Waals surface area contributed by atoms with Crippen LogP contribution in [0.1, 0.15) is 30.5 Å². The zero-order valence-electron chi connectivity index (χ0n) is 16.9. The topological polar surface area (TPSA) is 46.2 Å². The molecule has 2 aromatic carbocycles. The summed E-state index contributed by atoms with van der Waals surface area (Å²) in [6, 6.07) is 7.91. The first-order chi connectivity index (χ1) is 13.8. The molecule has 0 saturated carbocycles. The van der Waals surface area contributed by atoms with Crippen LogP contribution in [-0.4, -0.2) is 32.5 Å². The first-order valence-corrected chi connectivity index (χ1v) is 10.1. The standard InChI is InChI=1S/C23H24O5S/c1-22(2)8-7-14-16(28-22)6-5-13-11-23(29)15-9-18(24-3)19(25-4)10-17(15)26-12-20(23)27-21(13)14/h5-10,20,29H,11-12H2,1-4H3. The van der Waals surface area contributed by atoms with Crippen LogP contribution in [0.2, 0.25) is 0 Å². The Balaban J connectivity index is 1.60. The van der Waals surface area contributed by atoms with Crippen LogP contribution >= 0.6 is 12.6 Å². The minimum atomic E-state index is -0.535. The lowest BCUT2D eigenvalue weighted by atomic mass is 9.81. The molecule has 3 heterocycles. The summed E-state index contributed by atoms with van der Waals surface area (Å²) in [5, 5.41) is 0. The van der Waals surface area contributed by atoms with Crippen molar-refractivity contribution in [2.45, 2.75) is 36.7 Å². The molecule has 0 amide bonds. The normalized spacial score (nSPS) is 25.2. The highest BCUT2D eigenvalue weighted by Gasteiger charge is 2.49. The van der Waals surface area contributed by atoms with E-state index >= 15 is 0 Å². The van der Waals surface area contributed by atoms with E-state index in [2.05, 4.69) is 18.2 Å². The average Bonchev–Trinajstić information content (AvgIpc) is 2.70. The Morgan fingerprint density at radius 1 is 1.07 bits per heavy atom. The van der Waals surface area contributed by atoms with Crippen molar-refractivity contribution in [2.24, 2.45) is 0 Å². The van der Waals surface area contributed by atoms with Crippen LogP contribution in [0, 0.1) is 0 Å². The minimum Gasteiger partial charge on any atom is -0.493 e. The Labute approximate surface area is 176 Å². The third kappa shape index (κ3) is 2.76. The van der Waals surface area contributed by atoms with E-state index in [-0.39, 0.29) is 11.7 Å². The molecule has 2 unspecified atom stereocenters. The summed E-state index contributed by atoms with van der Waals surface area (Å²) in [4.78, 5) is 0. The third-order valence-corrected chi connectivity index (χ3v) is 6.54. The van der Waals surface area contributed by atoms with Crippen molar-refractivity contribution in [1.82, 2.24) is 0 Å². The highest BCUT2D eigenvalue weighted by Crippen LogP contribution is 2.54. The van der Waals surface area contributed by atoms with Gasteiger partial charge in [-0.3, -0.25) is 0 Å². The molecule has 6 heteroatoms. The molecule has 0 N–H and O–H groups in total. The highest BCUT2D eigenvalue weighted by atomic mass is 32.1. The fourth-order valence-corrected chi connectivity index (χ4v) is 4.79. The van der Waals surface area contributed by atoms with E-state index in [1.807, 2.05) is 32.0 Å². The SMILES string of the molecule is COc1cc2c(cc1OC)C1(S)Cc3ccc4c(c3OC1CO2)C=CC(C)(C)O4. The highest BCUT2D eigenvalue weighted by molar-refractivity contribution is 7.81. The number of benzene rings is 2. The van der Waals surface area contributed by atoms with Gasteiger partial charge in [-0.05, 0) is 50.1 Å². The van der Waals surface area contributed by atoms with Crippen molar-refractivity contribution in [2.75, 3.05) is 20.8 Å². The molecule has 5 rings (SSSR count). The third-order valence-electron chi connectivity index (χ3n) is 5.86. The predicted octanol–water partition coefficient (Wildman–Crippen LogP) is 4.41. The van der Waals surface area contributed by atoms with E-state index in [9.17, 15) is 0 Å². The number of rotatable bonds is 2. The Bertz CT molecular complexity index is 1030. The zero-order chi connectivity index (χ0) is 20.4. The molecule has 0 bridgehead atoms. The molecule has 5 nitrogen and oxygen atoms in total. The van der Waals surface area contributed by atoms with Gasteiger partial charge in [0.15, 0.2) is 17.6 Å². The predicted molar refractivity (Wildman–Crippen MR) is 114 cm³/mol. The van der Waals surface area contributed by atoms with Crippen LogP contribution in [0.5, 0.6) is 28.7 Å². The molecular weight excluding hydrogens is 388 g/mol. The summed E-state index contributed by atoms with van der Waals surface area (Å²) >= 11 is 5.13. The van der Waals surface area contributed by atoms with Gasteiger partial charge in [0.05, 0.1) is 24.5 Å². The number of methoxy groups -OCH3 is 2. The number of hydrogen-bond donors (Lipinski definition) is 1. The Kier molecular flexibility index (Phi) is 4.01. The van der Waals surface area contributed by atoms with Crippen LogP contribution in [0.25, 0.3) is 6.08 Å². The van der Waals surface area contributed by atoms with Gasteiger partial charge in [-0.1, -0.05) is 6.07 Å². The summed E-state index contributed by atoms with van der Waals surface area (Å²) in [6.07, 6.45) is 4.63. The number of thiol groups is 1. The molecular formula is C23H24O5S. The first kappa shape index (κ1) is 18.6. The van der Waals surface area contributed by atoms with E-state index in [1.54, 1.807) is 14.2 Å². The van der Waals surface area contributed by atoms with Crippen LogP contribution < -0.4 is 23.7 Å². The van der Waals surface area contributed by atoms with E-state index < -0.39 is 4.75 Å². The van der Waals surface area contributed by atoms with E-state index in [0.29, 0.717) is 24.5 Å². The smallest absolute Gasteiger partial charge is 0.164 e. The summed E-state index contributed by atoms with van der Waals surface area (Å²) in [5.74, 6) is 3.74. The lowest BCUT2D eigenvalue weighted by Gasteiger charge is -2.46. The van der Waals surface area contributed by atoms with E-state index in [4.69, 9.17) is 36.3 Å². The maximum Gasteiger partial charge on any atom is 0.164 e. The summed E-state index contributed by atoms with van der Waals surface area (Å²) in [6.45, 7) is 4.49. The van der Waals surface area contributed by atoms with E-state index in [1.165, 1.54) is 0 Å². The molecule has 0 spiro atoms. The van der Waals surface area contributed by atoms with Crippen LogP contribution in [-0.2, 0) is 11.2 Å². The molecule has 0 saturated heterocycles. The number of hydrogen-bond acceptors (Lipinski definition) is 6. The zero-order valence-corrected chi connectivity index (χ0v) is 17.8. The second-order valence-electron chi connectivity index (χ2n) is 8.23. The number of fused-ring (bicyclic) bond motifs is 6. The van der Waals surface area contributed by atoms with Crippen LogP contribution in [0.3, 0.4) is 0 Å². The Hall–Kier alpha value is -2.47. The number of ether oxygens (including phenoxy) is 5. The molecule has 0 aromatic heterocycles. The second kappa shape index (κ2) is 6.26.